The Balaban J connectivity index is 2.95. The van der Waals surface area contributed by atoms with Crippen LogP contribution in [0.4, 0.5) is 0 Å². The van der Waals surface area contributed by atoms with E-state index < -0.39 is 11.9 Å². The molecule has 0 bridgehead atoms. The van der Waals surface area contributed by atoms with Crippen molar-refractivity contribution in [3.8, 4) is 0 Å². The molecule has 1 unspecified atom stereocenters. The molecule has 2 heteroatoms. The van der Waals surface area contributed by atoms with Gasteiger partial charge in [-0.1, -0.05) is 36.4 Å². The maximum Gasteiger partial charge on any atom is 0.366 e. The Labute approximate surface area is 71.2 Å². The maximum atomic E-state index is 10.5. The van der Waals surface area contributed by atoms with Gasteiger partial charge >= 0.3 is 5.97 Å². The van der Waals surface area contributed by atoms with Crippen LogP contribution in [0.2, 0.25) is 0 Å². The summed E-state index contributed by atoms with van der Waals surface area (Å²) < 4.78 is 0. The zero-order chi connectivity index (χ0) is 8.97. The average Bonchev–Trinajstić information content (AvgIpc) is 2.07. The molecule has 1 rings (SSSR count). The van der Waals surface area contributed by atoms with Crippen LogP contribution in [0.3, 0.4) is 0 Å². The number of carbonyl (C=O) groups excluding carboxylic acids is 1. The summed E-state index contributed by atoms with van der Waals surface area (Å²) in [5, 5.41) is 10.5. The highest BCUT2D eigenvalue weighted by molar-refractivity contribution is 5.77. The van der Waals surface area contributed by atoms with Crippen molar-refractivity contribution in [2.24, 2.45) is 0 Å². The second-order valence-corrected chi connectivity index (χ2v) is 2.44. The number of hydrogen-bond donors (Lipinski definition) is 0. The second-order valence-electron chi connectivity index (χ2n) is 2.44. The molecule has 0 aliphatic rings. The van der Waals surface area contributed by atoms with Crippen LogP contribution in [0.1, 0.15) is 11.5 Å². The van der Waals surface area contributed by atoms with Gasteiger partial charge in [-0.15, -0.1) is 6.58 Å². The van der Waals surface area contributed by atoms with Crippen LogP contribution < -0.4 is 0 Å². The van der Waals surface area contributed by atoms with Crippen molar-refractivity contribution in [2.75, 3.05) is 0 Å². The fourth-order valence-corrected chi connectivity index (χ4v) is 1.03. The predicted octanol–water partition coefficient (Wildman–Crippen LogP) is 1.91. The number of hydrogen-bond acceptors (Lipinski definition) is 1. The van der Waals surface area contributed by atoms with Crippen LogP contribution in [0, 0.1) is 0 Å². The zero-order valence-electron chi connectivity index (χ0n) is 6.57. The first-order valence-corrected chi connectivity index (χ1v) is 3.64. The molecule has 0 amide bonds. The van der Waals surface area contributed by atoms with Gasteiger partial charge in [0.1, 0.15) is 5.92 Å². The molecule has 0 spiro atoms. The van der Waals surface area contributed by atoms with Crippen molar-refractivity contribution >= 4 is 5.97 Å². The Kier molecular flexibility index (Phi) is 2.64. The van der Waals surface area contributed by atoms with Crippen LogP contribution >= 0.6 is 0 Å². The molecule has 1 aromatic rings. The largest absolute Gasteiger partial charge is 0.366 e. The van der Waals surface area contributed by atoms with E-state index in [-0.39, 0.29) is 0 Å². The highest BCUT2D eigenvalue weighted by atomic mass is 16.4. The Morgan fingerprint density at radius 1 is 1.33 bits per heavy atom. The van der Waals surface area contributed by atoms with Gasteiger partial charge in [0.25, 0.3) is 0 Å². The second kappa shape index (κ2) is 3.72. The van der Waals surface area contributed by atoms with Gasteiger partial charge in [0.15, 0.2) is 0 Å². The molecule has 0 aliphatic heterocycles. The Morgan fingerprint density at radius 2 is 1.92 bits per heavy atom. The lowest BCUT2D eigenvalue weighted by atomic mass is 10.00. The van der Waals surface area contributed by atoms with Crippen LogP contribution in [0.15, 0.2) is 43.0 Å². The topological polar surface area (TPSA) is 37.0 Å². The molecule has 0 saturated carbocycles. The Morgan fingerprint density at radius 3 is 2.33 bits per heavy atom. The van der Waals surface area contributed by atoms with E-state index in [1.54, 1.807) is 24.3 Å². The molecule has 0 heterocycles. The van der Waals surface area contributed by atoms with E-state index in [9.17, 15) is 9.90 Å². The van der Waals surface area contributed by atoms with Crippen molar-refractivity contribution in [2.45, 2.75) is 5.92 Å². The summed E-state index contributed by atoms with van der Waals surface area (Å²) in [6, 6.07) is 8.88. The fourth-order valence-electron chi connectivity index (χ4n) is 1.03. The first-order chi connectivity index (χ1) is 5.75. The van der Waals surface area contributed by atoms with E-state index in [1.165, 1.54) is 6.08 Å². The molecule has 61 valence electrons. The minimum Gasteiger partial charge on any atom is -0.246 e. The van der Waals surface area contributed by atoms with Crippen LogP contribution in [-0.2, 0) is 9.90 Å². The lowest BCUT2D eigenvalue weighted by molar-refractivity contribution is -0.143. The fraction of sp³-hybridized carbons (Fsp3) is 0.100. The van der Waals surface area contributed by atoms with E-state index in [0.29, 0.717) is 5.56 Å². The van der Waals surface area contributed by atoms with Crippen molar-refractivity contribution in [1.29, 1.82) is 0 Å². The summed E-state index contributed by atoms with van der Waals surface area (Å²) in [5.41, 5.74) is 0.701. The van der Waals surface area contributed by atoms with Gasteiger partial charge in [-0.3, -0.25) is 0 Å². The van der Waals surface area contributed by atoms with E-state index in [0.717, 1.165) is 0 Å². The van der Waals surface area contributed by atoms with Gasteiger partial charge in [0, 0.05) is 0 Å². The zero-order valence-corrected chi connectivity index (χ0v) is 6.57. The van der Waals surface area contributed by atoms with Crippen LogP contribution in [0.25, 0.3) is 0 Å². The molecule has 12 heavy (non-hydrogen) atoms. The molecule has 0 saturated heterocycles. The van der Waals surface area contributed by atoms with E-state index in [4.69, 9.17) is 0 Å². The van der Waals surface area contributed by atoms with Gasteiger partial charge in [-0.25, -0.2) is 9.90 Å². The smallest absolute Gasteiger partial charge is 0.246 e. The molecule has 2 nitrogen and oxygen atoms in total. The molecule has 1 radical (unpaired) electrons. The predicted molar refractivity (Wildman–Crippen MR) is 45.1 cm³/mol. The quantitative estimate of drug-likeness (QED) is 0.624. The van der Waals surface area contributed by atoms with Crippen molar-refractivity contribution in [1.82, 2.24) is 0 Å². The van der Waals surface area contributed by atoms with Gasteiger partial charge < -0.3 is 0 Å². The molecule has 0 fully saturated rings. The highest BCUT2D eigenvalue weighted by Crippen LogP contribution is 2.16. The summed E-state index contributed by atoms with van der Waals surface area (Å²) >= 11 is 0. The lowest BCUT2D eigenvalue weighted by Crippen LogP contribution is -2.06. The minimum atomic E-state index is -1.11. The molecule has 1 atom stereocenters. The summed E-state index contributed by atoms with van der Waals surface area (Å²) in [5.74, 6) is -1.82. The highest BCUT2D eigenvalue weighted by Gasteiger charge is 2.16. The van der Waals surface area contributed by atoms with Crippen LogP contribution in [0.5, 0.6) is 0 Å². The summed E-state index contributed by atoms with van der Waals surface area (Å²) in [4.78, 5) is 10.5. The Hall–Kier alpha value is -1.57. The Bertz CT molecular complexity index is 277. The van der Waals surface area contributed by atoms with E-state index in [2.05, 4.69) is 6.58 Å². The monoisotopic (exact) mass is 161 g/mol. The van der Waals surface area contributed by atoms with E-state index in [1.807, 2.05) is 6.07 Å². The summed E-state index contributed by atoms with van der Waals surface area (Å²) in [6.45, 7) is 3.44. The van der Waals surface area contributed by atoms with Crippen molar-refractivity contribution < 1.29 is 9.90 Å². The molecular weight excluding hydrogens is 152 g/mol. The third-order valence-electron chi connectivity index (χ3n) is 1.65. The summed E-state index contributed by atoms with van der Waals surface area (Å²) in [7, 11) is 0. The van der Waals surface area contributed by atoms with Gasteiger partial charge in [-0.05, 0) is 5.56 Å². The molecule has 0 aromatic heterocycles. The lowest BCUT2D eigenvalue weighted by Gasteiger charge is -2.03. The van der Waals surface area contributed by atoms with Crippen molar-refractivity contribution in [3.63, 3.8) is 0 Å². The molecule has 0 N–H and O–H groups in total. The first kappa shape index (κ1) is 8.53. The third kappa shape index (κ3) is 1.72. The first-order valence-electron chi connectivity index (χ1n) is 3.64. The molecule has 0 aliphatic carbocycles. The number of rotatable bonds is 3. The summed E-state index contributed by atoms with van der Waals surface area (Å²) in [6.07, 6.45) is 1.37. The molecule has 1 aromatic carbocycles. The normalized spacial score (nSPS) is 12.0. The minimum absolute atomic E-state index is 0.701. The van der Waals surface area contributed by atoms with Gasteiger partial charge in [-0.2, -0.15) is 0 Å². The number of carbonyl (C=O) groups is 1. The van der Waals surface area contributed by atoms with E-state index >= 15 is 0 Å². The standard InChI is InChI=1S/C10H9O2/c1-2-9(10(11)12)8-6-4-3-5-7-8/h2-7,9H,1H2. The SMILES string of the molecule is C=CC(C([O])=O)c1ccccc1. The van der Waals surface area contributed by atoms with Crippen molar-refractivity contribution in [3.05, 3.63) is 48.6 Å². The van der Waals surface area contributed by atoms with Gasteiger partial charge in [0.05, 0.1) is 0 Å². The van der Waals surface area contributed by atoms with Gasteiger partial charge in [0.2, 0.25) is 0 Å². The third-order valence-corrected chi connectivity index (χ3v) is 1.65. The number of benzene rings is 1. The molecular formula is C10H9O2. The van der Waals surface area contributed by atoms with Crippen LogP contribution in [-0.4, -0.2) is 5.97 Å². The average molecular weight is 161 g/mol. The maximum absolute atomic E-state index is 10.5.